The highest BCUT2D eigenvalue weighted by Gasteiger charge is 2.46. The first-order valence-corrected chi connectivity index (χ1v) is 6.69. The van der Waals surface area contributed by atoms with E-state index in [0.717, 1.165) is 6.42 Å². The van der Waals surface area contributed by atoms with Gasteiger partial charge in [-0.2, -0.15) is 0 Å². The van der Waals surface area contributed by atoms with Gasteiger partial charge in [0.25, 0.3) is 0 Å². The Bertz CT molecular complexity index is 386. The maximum atomic E-state index is 11.9. The topological polar surface area (TPSA) is 78.4 Å². The van der Waals surface area contributed by atoms with Crippen molar-refractivity contribution in [2.45, 2.75) is 53.5 Å². The van der Waals surface area contributed by atoms with Crippen molar-refractivity contribution in [2.75, 3.05) is 6.54 Å². The van der Waals surface area contributed by atoms with Crippen LogP contribution in [0.5, 0.6) is 0 Å². The maximum absolute atomic E-state index is 11.9. The van der Waals surface area contributed by atoms with E-state index >= 15 is 0 Å². The Labute approximate surface area is 115 Å². The van der Waals surface area contributed by atoms with E-state index in [4.69, 9.17) is 0 Å². The molecule has 0 aromatic heterocycles. The van der Waals surface area contributed by atoms with Gasteiger partial charge in [-0.05, 0) is 45.4 Å². The van der Waals surface area contributed by atoms with Gasteiger partial charge in [-0.25, -0.2) is 4.79 Å². The fourth-order valence-electron chi connectivity index (χ4n) is 1.89. The molecule has 1 unspecified atom stereocenters. The van der Waals surface area contributed by atoms with Gasteiger partial charge in [-0.3, -0.25) is 4.79 Å². The molecular weight excluding hydrogens is 244 g/mol. The van der Waals surface area contributed by atoms with E-state index in [0.29, 0.717) is 17.9 Å². The van der Waals surface area contributed by atoms with Crippen LogP contribution in [0, 0.1) is 16.7 Å². The Kier molecular flexibility index (Phi) is 3.90. The van der Waals surface area contributed by atoms with Gasteiger partial charge >= 0.3 is 12.0 Å². The summed E-state index contributed by atoms with van der Waals surface area (Å²) in [5, 5.41) is 14.8. The molecule has 3 N–H and O–H groups in total. The summed E-state index contributed by atoms with van der Waals surface area (Å²) in [7, 11) is 0. The number of hydrogen-bond donors (Lipinski definition) is 3. The number of carbonyl (C=O) groups excluding carboxylic acids is 1. The van der Waals surface area contributed by atoms with E-state index < -0.39 is 16.9 Å². The third-order valence-electron chi connectivity index (χ3n) is 4.75. The third kappa shape index (κ3) is 3.39. The molecule has 5 nitrogen and oxygen atoms in total. The first-order valence-electron chi connectivity index (χ1n) is 6.69. The summed E-state index contributed by atoms with van der Waals surface area (Å²) in [6, 6.07) is -0.304. The van der Waals surface area contributed by atoms with Gasteiger partial charge < -0.3 is 15.7 Å². The summed E-state index contributed by atoms with van der Waals surface area (Å²) in [4.78, 5) is 23.1. The summed E-state index contributed by atoms with van der Waals surface area (Å²) < 4.78 is 0. The molecule has 19 heavy (non-hydrogen) atoms. The Morgan fingerprint density at radius 2 is 1.74 bits per heavy atom. The molecular formula is C14H26N2O3. The lowest BCUT2D eigenvalue weighted by molar-refractivity contribution is -0.150. The van der Waals surface area contributed by atoms with Crippen molar-refractivity contribution in [3.63, 3.8) is 0 Å². The zero-order valence-electron chi connectivity index (χ0n) is 12.8. The van der Waals surface area contributed by atoms with Crippen molar-refractivity contribution in [2.24, 2.45) is 16.7 Å². The van der Waals surface area contributed by atoms with Crippen molar-refractivity contribution in [3.8, 4) is 0 Å². The average molecular weight is 270 g/mol. The molecule has 1 aliphatic rings. The van der Waals surface area contributed by atoms with Gasteiger partial charge in [0.15, 0.2) is 0 Å². The minimum atomic E-state index is -1.04. The molecule has 5 heteroatoms. The smallest absolute Gasteiger partial charge is 0.315 e. The van der Waals surface area contributed by atoms with Gasteiger partial charge in [0.05, 0.1) is 11.0 Å². The summed E-state index contributed by atoms with van der Waals surface area (Å²) >= 11 is 0. The van der Waals surface area contributed by atoms with Crippen LogP contribution in [0.25, 0.3) is 0 Å². The summed E-state index contributed by atoms with van der Waals surface area (Å²) in [6.07, 6.45) is 1.12. The molecule has 1 aliphatic carbocycles. The van der Waals surface area contributed by atoms with E-state index in [9.17, 15) is 14.7 Å². The van der Waals surface area contributed by atoms with Crippen LogP contribution in [-0.2, 0) is 4.79 Å². The number of hydrogen-bond acceptors (Lipinski definition) is 2. The standard InChI is InChI=1S/C14H26N2O3/c1-12(2)7-9(12)8-15-11(19)16-14(5,6)13(3,4)10(17)18/h9H,7-8H2,1-6H3,(H,17,18)(H2,15,16,19). The van der Waals surface area contributed by atoms with Crippen LogP contribution >= 0.6 is 0 Å². The molecule has 2 amide bonds. The van der Waals surface area contributed by atoms with Gasteiger partial charge in [-0.15, -0.1) is 0 Å². The second kappa shape index (κ2) is 4.69. The van der Waals surface area contributed by atoms with Gasteiger partial charge in [0.2, 0.25) is 0 Å². The molecule has 1 saturated carbocycles. The lowest BCUT2D eigenvalue weighted by Gasteiger charge is -2.38. The first-order chi connectivity index (χ1) is 8.40. The van der Waals surface area contributed by atoms with Crippen LogP contribution in [0.1, 0.15) is 48.0 Å². The average Bonchev–Trinajstić information content (AvgIpc) is 2.82. The van der Waals surface area contributed by atoms with Crippen LogP contribution in [0.2, 0.25) is 0 Å². The predicted molar refractivity (Wildman–Crippen MR) is 73.9 cm³/mol. The normalized spacial score (nSPS) is 21.7. The monoisotopic (exact) mass is 270 g/mol. The number of carboxylic acid groups (broad SMARTS) is 1. The van der Waals surface area contributed by atoms with Gasteiger partial charge in [0.1, 0.15) is 0 Å². The molecule has 0 aromatic carbocycles. The Balaban J connectivity index is 2.49. The van der Waals surface area contributed by atoms with E-state index in [1.54, 1.807) is 27.7 Å². The predicted octanol–water partition coefficient (Wildman–Crippen LogP) is 2.22. The fraction of sp³-hybridized carbons (Fsp3) is 0.857. The molecule has 1 fully saturated rings. The zero-order valence-corrected chi connectivity index (χ0v) is 12.8. The number of amides is 2. The fourth-order valence-corrected chi connectivity index (χ4v) is 1.89. The van der Waals surface area contributed by atoms with Crippen LogP contribution in [0.3, 0.4) is 0 Å². The molecule has 0 heterocycles. The van der Waals surface area contributed by atoms with Gasteiger partial charge in [-0.1, -0.05) is 13.8 Å². The largest absolute Gasteiger partial charge is 0.481 e. The minimum absolute atomic E-state index is 0.304. The number of carbonyl (C=O) groups is 2. The van der Waals surface area contributed by atoms with Crippen molar-refractivity contribution >= 4 is 12.0 Å². The summed E-state index contributed by atoms with van der Waals surface area (Å²) in [5.41, 5.74) is -1.55. The third-order valence-corrected chi connectivity index (χ3v) is 4.75. The maximum Gasteiger partial charge on any atom is 0.315 e. The number of aliphatic carboxylic acids is 1. The molecule has 0 aromatic rings. The number of nitrogens with one attached hydrogen (secondary N) is 2. The molecule has 1 rings (SSSR count). The number of rotatable bonds is 5. The molecule has 0 bridgehead atoms. The quantitative estimate of drug-likeness (QED) is 0.716. The second-order valence-corrected chi connectivity index (χ2v) is 7.28. The summed E-state index contributed by atoms with van der Waals surface area (Å²) in [5.74, 6) is -0.407. The van der Waals surface area contributed by atoms with Crippen molar-refractivity contribution in [1.29, 1.82) is 0 Å². The number of urea groups is 1. The summed E-state index contributed by atoms with van der Waals surface area (Å²) in [6.45, 7) is 11.7. The lowest BCUT2D eigenvalue weighted by Crippen LogP contribution is -2.59. The van der Waals surface area contributed by atoms with Crippen LogP contribution in [0.15, 0.2) is 0 Å². The lowest BCUT2D eigenvalue weighted by atomic mass is 9.74. The van der Waals surface area contributed by atoms with E-state index in [1.807, 2.05) is 0 Å². The molecule has 0 radical (unpaired) electrons. The van der Waals surface area contributed by atoms with Crippen LogP contribution in [0.4, 0.5) is 4.79 Å². The van der Waals surface area contributed by atoms with Crippen molar-refractivity contribution < 1.29 is 14.7 Å². The van der Waals surface area contributed by atoms with E-state index in [2.05, 4.69) is 24.5 Å². The van der Waals surface area contributed by atoms with E-state index in [-0.39, 0.29) is 6.03 Å². The van der Waals surface area contributed by atoms with Crippen LogP contribution < -0.4 is 10.6 Å². The Morgan fingerprint density at radius 3 is 2.11 bits per heavy atom. The van der Waals surface area contributed by atoms with Gasteiger partial charge in [0, 0.05) is 6.54 Å². The highest BCUT2D eigenvalue weighted by Crippen LogP contribution is 2.50. The number of carboxylic acids is 1. The second-order valence-electron chi connectivity index (χ2n) is 7.28. The minimum Gasteiger partial charge on any atom is -0.481 e. The molecule has 0 spiro atoms. The Hall–Kier alpha value is -1.26. The molecule has 0 saturated heterocycles. The zero-order chi connectivity index (χ0) is 15.1. The molecule has 0 aliphatic heterocycles. The van der Waals surface area contributed by atoms with Crippen molar-refractivity contribution in [3.05, 3.63) is 0 Å². The first kappa shape index (κ1) is 15.8. The molecule has 110 valence electrons. The highest BCUT2D eigenvalue weighted by molar-refractivity contribution is 5.79. The highest BCUT2D eigenvalue weighted by atomic mass is 16.4. The van der Waals surface area contributed by atoms with E-state index in [1.165, 1.54) is 0 Å². The van der Waals surface area contributed by atoms with Crippen LogP contribution in [-0.4, -0.2) is 29.2 Å². The SMILES string of the molecule is CC1(C)CC1CNC(=O)NC(C)(C)C(C)(C)C(=O)O. The van der Waals surface area contributed by atoms with Crippen molar-refractivity contribution in [1.82, 2.24) is 10.6 Å². The molecule has 1 atom stereocenters. The Morgan fingerprint density at radius 1 is 1.26 bits per heavy atom.